The lowest BCUT2D eigenvalue weighted by Gasteiger charge is -1.96. The number of alkyl halides is 2. The first kappa shape index (κ1) is 10.2. The molecule has 0 saturated carbocycles. The second kappa shape index (κ2) is 3.69. The van der Waals surface area contributed by atoms with Crippen molar-refractivity contribution in [3.8, 4) is 0 Å². The molecule has 1 heterocycles. The van der Waals surface area contributed by atoms with E-state index in [0.717, 1.165) is 14.9 Å². The quantitative estimate of drug-likeness (QED) is 0.672. The molecule has 2 rings (SSSR count). The van der Waals surface area contributed by atoms with Crippen molar-refractivity contribution in [3.05, 3.63) is 32.5 Å². The van der Waals surface area contributed by atoms with E-state index in [2.05, 4.69) is 22.6 Å². The molecule has 74 valence electrons. The largest absolute Gasteiger partial charge is 0.268 e. The summed E-state index contributed by atoms with van der Waals surface area (Å²) in [5, 5.41) is -0.458. The molecule has 0 aliphatic rings. The number of thiophene rings is 1. The van der Waals surface area contributed by atoms with E-state index in [-0.39, 0.29) is 0 Å². The topological polar surface area (TPSA) is 0 Å². The maximum absolute atomic E-state index is 13.1. The van der Waals surface area contributed by atoms with E-state index in [1.54, 1.807) is 12.1 Å². The average Bonchev–Trinajstić information content (AvgIpc) is 2.39. The van der Waals surface area contributed by atoms with E-state index in [1.165, 1.54) is 6.07 Å². The molecule has 5 heteroatoms. The molecule has 0 radical (unpaired) electrons. The number of halogens is 4. The SMILES string of the molecule is Fc1sc2cc(I)ccc2c1C(F)F. The fraction of sp³-hybridized carbons (Fsp3) is 0.111. The summed E-state index contributed by atoms with van der Waals surface area (Å²) in [7, 11) is 0. The Kier molecular flexibility index (Phi) is 2.70. The van der Waals surface area contributed by atoms with Crippen LogP contribution in [0.5, 0.6) is 0 Å². The Morgan fingerprint density at radius 1 is 1.29 bits per heavy atom. The highest BCUT2D eigenvalue weighted by Crippen LogP contribution is 2.36. The molecule has 0 aliphatic heterocycles. The van der Waals surface area contributed by atoms with Crippen molar-refractivity contribution in [1.82, 2.24) is 0 Å². The molecule has 0 nitrogen and oxygen atoms in total. The Bertz CT molecular complexity index is 478. The van der Waals surface area contributed by atoms with Crippen LogP contribution in [0.2, 0.25) is 0 Å². The van der Waals surface area contributed by atoms with E-state index in [1.807, 2.05) is 0 Å². The lowest BCUT2D eigenvalue weighted by Crippen LogP contribution is -1.84. The summed E-state index contributed by atoms with van der Waals surface area (Å²) >= 11 is 2.83. The predicted octanol–water partition coefficient (Wildman–Crippen LogP) is 4.58. The van der Waals surface area contributed by atoms with Gasteiger partial charge in [-0.25, -0.2) is 8.78 Å². The highest BCUT2D eigenvalue weighted by atomic mass is 127. The molecule has 0 spiro atoms. The molecular formula is C9H4F3IS. The molecular weight excluding hydrogens is 324 g/mol. The average molecular weight is 328 g/mol. The van der Waals surface area contributed by atoms with Gasteiger partial charge in [-0.15, -0.1) is 11.3 Å². The summed E-state index contributed by atoms with van der Waals surface area (Å²) in [5.41, 5.74) is -0.471. The van der Waals surface area contributed by atoms with Gasteiger partial charge in [0.05, 0.1) is 5.56 Å². The minimum atomic E-state index is -2.75. The minimum absolute atomic E-state index is 0.322. The van der Waals surface area contributed by atoms with Crippen molar-refractivity contribution in [1.29, 1.82) is 0 Å². The van der Waals surface area contributed by atoms with Gasteiger partial charge in [-0.05, 0) is 34.7 Å². The molecule has 0 atom stereocenters. The second-order valence-corrected chi connectivity index (χ2v) is 4.98. The summed E-state index contributed by atoms with van der Waals surface area (Å²) < 4.78 is 39.5. The van der Waals surface area contributed by atoms with Crippen LogP contribution >= 0.6 is 33.9 Å². The van der Waals surface area contributed by atoms with Gasteiger partial charge in [-0.1, -0.05) is 6.07 Å². The van der Waals surface area contributed by atoms with Gasteiger partial charge in [0, 0.05) is 13.7 Å². The molecule has 1 aromatic heterocycles. The van der Waals surface area contributed by atoms with Crippen molar-refractivity contribution >= 4 is 44.0 Å². The summed E-state index contributed by atoms with van der Waals surface area (Å²) in [6.45, 7) is 0. The van der Waals surface area contributed by atoms with Gasteiger partial charge >= 0.3 is 0 Å². The van der Waals surface area contributed by atoms with Crippen molar-refractivity contribution in [2.45, 2.75) is 6.43 Å². The molecule has 0 saturated heterocycles. The Labute approximate surface area is 95.9 Å². The van der Waals surface area contributed by atoms with Gasteiger partial charge in [0.25, 0.3) is 6.43 Å². The fourth-order valence-corrected chi connectivity index (χ4v) is 2.94. The smallest absolute Gasteiger partial charge is 0.205 e. The fourth-order valence-electron chi connectivity index (χ4n) is 1.26. The van der Waals surface area contributed by atoms with Crippen LogP contribution in [0.3, 0.4) is 0 Å². The van der Waals surface area contributed by atoms with Crippen LogP contribution in [-0.2, 0) is 0 Å². The Morgan fingerprint density at radius 2 is 2.00 bits per heavy atom. The Balaban J connectivity index is 2.77. The Morgan fingerprint density at radius 3 is 2.64 bits per heavy atom. The zero-order valence-corrected chi connectivity index (χ0v) is 9.70. The lowest BCUT2D eigenvalue weighted by molar-refractivity contribution is 0.149. The number of benzene rings is 1. The second-order valence-electron chi connectivity index (χ2n) is 2.73. The maximum Gasteiger partial charge on any atom is 0.268 e. The van der Waals surface area contributed by atoms with Crippen LogP contribution in [0.1, 0.15) is 12.0 Å². The van der Waals surface area contributed by atoms with Crippen molar-refractivity contribution < 1.29 is 13.2 Å². The number of fused-ring (bicyclic) bond motifs is 1. The monoisotopic (exact) mass is 328 g/mol. The summed E-state index contributed by atoms with van der Waals surface area (Å²) in [4.78, 5) is 0. The first-order valence-corrected chi connectivity index (χ1v) is 5.64. The molecule has 2 aromatic rings. The number of rotatable bonds is 1. The van der Waals surface area contributed by atoms with E-state index >= 15 is 0 Å². The predicted molar refractivity (Wildman–Crippen MR) is 59.5 cm³/mol. The van der Waals surface area contributed by atoms with Crippen LogP contribution in [0.15, 0.2) is 18.2 Å². The van der Waals surface area contributed by atoms with E-state index < -0.39 is 17.1 Å². The van der Waals surface area contributed by atoms with Crippen molar-refractivity contribution in [2.75, 3.05) is 0 Å². The normalized spacial score (nSPS) is 11.5. The van der Waals surface area contributed by atoms with Gasteiger partial charge in [-0.3, -0.25) is 0 Å². The van der Waals surface area contributed by atoms with Crippen molar-refractivity contribution in [3.63, 3.8) is 0 Å². The molecule has 0 unspecified atom stereocenters. The summed E-state index contributed by atoms with van der Waals surface area (Å²) in [5.74, 6) is 0. The number of hydrogen-bond donors (Lipinski definition) is 0. The zero-order chi connectivity index (χ0) is 10.3. The van der Waals surface area contributed by atoms with E-state index in [9.17, 15) is 13.2 Å². The molecule has 0 bridgehead atoms. The van der Waals surface area contributed by atoms with Crippen molar-refractivity contribution in [2.24, 2.45) is 0 Å². The third kappa shape index (κ3) is 1.63. The Hall–Kier alpha value is -0.300. The highest BCUT2D eigenvalue weighted by molar-refractivity contribution is 14.1. The first-order chi connectivity index (χ1) is 6.59. The highest BCUT2D eigenvalue weighted by Gasteiger charge is 2.20. The van der Waals surface area contributed by atoms with Crippen LogP contribution in [0, 0.1) is 8.70 Å². The third-order valence-corrected chi connectivity index (χ3v) is 3.49. The van der Waals surface area contributed by atoms with Gasteiger partial charge < -0.3 is 0 Å². The van der Waals surface area contributed by atoms with E-state index in [0.29, 0.717) is 10.1 Å². The van der Waals surface area contributed by atoms with Gasteiger partial charge in [-0.2, -0.15) is 4.39 Å². The summed E-state index contributed by atoms with van der Waals surface area (Å²) in [6.07, 6.45) is -2.75. The first-order valence-electron chi connectivity index (χ1n) is 3.75. The van der Waals surface area contributed by atoms with E-state index in [4.69, 9.17) is 0 Å². The molecule has 0 fully saturated rings. The van der Waals surface area contributed by atoms with Crippen LogP contribution in [0.4, 0.5) is 13.2 Å². The van der Waals surface area contributed by atoms with Crippen LogP contribution in [0.25, 0.3) is 10.1 Å². The minimum Gasteiger partial charge on any atom is -0.205 e. The molecule has 1 aromatic carbocycles. The third-order valence-electron chi connectivity index (χ3n) is 1.86. The molecule has 0 aliphatic carbocycles. The summed E-state index contributed by atoms with van der Waals surface area (Å²) in [6, 6.07) is 4.94. The maximum atomic E-state index is 13.1. The van der Waals surface area contributed by atoms with Gasteiger partial charge in [0.2, 0.25) is 0 Å². The molecule has 0 amide bonds. The lowest BCUT2D eigenvalue weighted by atomic mass is 10.2. The van der Waals surface area contributed by atoms with Crippen LogP contribution in [-0.4, -0.2) is 0 Å². The van der Waals surface area contributed by atoms with Gasteiger partial charge in [0.15, 0.2) is 5.13 Å². The standard InChI is InChI=1S/C9H4F3IS/c10-8(11)7-5-2-1-4(13)3-6(5)14-9(7)12/h1-3,8H. The van der Waals surface area contributed by atoms with Gasteiger partial charge in [0.1, 0.15) is 0 Å². The molecule has 0 N–H and O–H groups in total. The number of hydrogen-bond acceptors (Lipinski definition) is 1. The zero-order valence-electron chi connectivity index (χ0n) is 6.73. The van der Waals surface area contributed by atoms with Crippen LogP contribution < -0.4 is 0 Å². The molecule has 14 heavy (non-hydrogen) atoms.